The third-order valence-corrected chi connectivity index (χ3v) is 8.69. The fraction of sp³-hybridized carbons (Fsp3) is 0.731. The summed E-state index contributed by atoms with van der Waals surface area (Å²) in [6.07, 6.45) is 4.93. The predicted octanol–water partition coefficient (Wildman–Crippen LogP) is 3.62. The van der Waals surface area contributed by atoms with Crippen molar-refractivity contribution in [3.8, 4) is 0 Å². The summed E-state index contributed by atoms with van der Waals surface area (Å²) in [5.41, 5.74) is -0.940. The maximum absolute atomic E-state index is 13.1. The molecule has 0 saturated heterocycles. The molecule has 0 aromatic carbocycles. The van der Waals surface area contributed by atoms with Crippen LogP contribution in [0.2, 0.25) is 0 Å². The quantitative estimate of drug-likeness (QED) is 0.526. The van der Waals surface area contributed by atoms with Crippen LogP contribution in [0.15, 0.2) is 23.3 Å². The monoisotopic (exact) mass is 444 g/mol. The number of hydrogen-bond acceptors (Lipinski definition) is 6. The van der Waals surface area contributed by atoms with Crippen LogP contribution in [-0.2, 0) is 23.9 Å². The van der Waals surface area contributed by atoms with Crippen LogP contribution in [-0.4, -0.2) is 40.6 Å². The maximum atomic E-state index is 13.1. The Morgan fingerprint density at radius 1 is 1.25 bits per heavy atom. The Kier molecular flexibility index (Phi) is 5.28. The second kappa shape index (κ2) is 7.28. The molecule has 32 heavy (non-hydrogen) atoms. The molecule has 2 fully saturated rings. The SMILES string of the molecule is CC(=O)OCC1=CC2C(C(C)CC3(OC(=O)C(C)C)C2C3(C)C)C2C=C(C)C(=O)C2(O)C1. The van der Waals surface area contributed by atoms with Gasteiger partial charge in [-0.1, -0.05) is 46.8 Å². The Morgan fingerprint density at radius 2 is 1.91 bits per heavy atom. The second-order valence-electron chi connectivity index (χ2n) is 11.4. The van der Waals surface area contributed by atoms with Gasteiger partial charge in [-0.3, -0.25) is 14.4 Å². The van der Waals surface area contributed by atoms with Gasteiger partial charge in [0, 0.05) is 30.6 Å². The van der Waals surface area contributed by atoms with Gasteiger partial charge in [0.2, 0.25) is 0 Å². The van der Waals surface area contributed by atoms with Gasteiger partial charge in [0.15, 0.2) is 5.78 Å². The van der Waals surface area contributed by atoms with E-state index in [1.807, 2.05) is 19.9 Å². The van der Waals surface area contributed by atoms with E-state index in [0.29, 0.717) is 12.0 Å². The van der Waals surface area contributed by atoms with Crippen LogP contribution in [0.4, 0.5) is 0 Å². The van der Waals surface area contributed by atoms with E-state index in [1.54, 1.807) is 6.92 Å². The largest absolute Gasteiger partial charge is 0.461 e. The van der Waals surface area contributed by atoms with E-state index in [-0.39, 0.29) is 65.7 Å². The molecule has 6 heteroatoms. The Morgan fingerprint density at radius 3 is 2.50 bits per heavy atom. The minimum atomic E-state index is -1.52. The lowest BCUT2D eigenvalue weighted by atomic mass is 9.63. The zero-order chi connectivity index (χ0) is 23.8. The van der Waals surface area contributed by atoms with Crippen LogP contribution < -0.4 is 0 Å². The Hall–Kier alpha value is -1.95. The van der Waals surface area contributed by atoms with Crippen molar-refractivity contribution in [3.05, 3.63) is 23.3 Å². The van der Waals surface area contributed by atoms with Crippen LogP contribution in [0.1, 0.15) is 61.3 Å². The Labute approximate surface area is 190 Å². The summed E-state index contributed by atoms with van der Waals surface area (Å²) in [6.45, 7) is 13.3. The number of carbonyl (C=O) groups excluding carboxylic acids is 3. The number of Topliss-reactive ketones (excluding diaryl/α,β-unsaturated/α-hetero) is 1. The standard InChI is InChI=1S/C26H36O6/c1-13(2)23(29)32-26-10-15(4)20-18(21(26)24(26,6)7)9-17(12-31-16(5)27)11-25(30)19(20)8-14(3)22(25)28/h8-9,13,15,18-21,30H,10-12H2,1-7H3. The fourth-order valence-corrected chi connectivity index (χ4v) is 7.16. The molecule has 0 heterocycles. The zero-order valence-electron chi connectivity index (χ0n) is 20.2. The van der Waals surface area contributed by atoms with E-state index in [1.165, 1.54) is 6.92 Å². The average Bonchev–Trinajstić information content (AvgIpc) is 3.11. The first-order valence-electron chi connectivity index (χ1n) is 11.8. The number of aliphatic hydroxyl groups is 1. The van der Waals surface area contributed by atoms with E-state index < -0.39 is 17.2 Å². The smallest absolute Gasteiger partial charge is 0.308 e. The fourth-order valence-electron chi connectivity index (χ4n) is 7.16. The molecule has 4 aliphatic carbocycles. The van der Waals surface area contributed by atoms with Gasteiger partial charge in [-0.05, 0) is 42.2 Å². The number of ether oxygens (including phenoxy) is 2. The normalized spacial score (nSPS) is 41.5. The molecule has 0 radical (unpaired) electrons. The molecule has 4 rings (SSSR count). The molecule has 0 spiro atoms. The second-order valence-corrected chi connectivity index (χ2v) is 11.4. The summed E-state index contributed by atoms with van der Waals surface area (Å²) in [7, 11) is 0. The van der Waals surface area contributed by atoms with Crippen LogP contribution in [0, 0.1) is 40.9 Å². The molecule has 0 aliphatic heterocycles. The van der Waals surface area contributed by atoms with Crippen molar-refractivity contribution >= 4 is 17.7 Å². The lowest BCUT2D eigenvalue weighted by Crippen LogP contribution is -2.49. The molecule has 0 bridgehead atoms. The topological polar surface area (TPSA) is 89.9 Å². The summed E-state index contributed by atoms with van der Waals surface area (Å²) >= 11 is 0. The number of ketones is 1. The van der Waals surface area contributed by atoms with Crippen molar-refractivity contribution < 1.29 is 29.0 Å². The van der Waals surface area contributed by atoms with Crippen molar-refractivity contribution in [1.82, 2.24) is 0 Å². The molecular formula is C26H36O6. The first-order chi connectivity index (χ1) is 14.8. The molecule has 6 nitrogen and oxygen atoms in total. The van der Waals surface area contributed by atoms with Gasteiger partial charge in [-0.2, -0.15) is 0 Å². The third kappa shape index (κ3) is 3.12. The summed E-state index contributed by atoms with van der Waals surface area (Å²) < 4.78 is 11.5. The van der Waals surface area contributed by atoms with E-state index in [9.17, 15) is 19.5 Å². The highest BCUT2D eigenvalue weighted by molar-refractivity contribution is 6.04. The summed E-state index contributed by atoms with van der Waals surface area (Å²) in [4.78, 5) is 37.2. The van der Waals surface area contributed by atoms with Crippen molar-refractivity contribution in [3.63, 3.8) is 0 Å². The summed E-state index contributed by atoms with van der Waals surface area (Å²) in [5.74, 6) is -1.08. The van der Waals surface area contributed by atoms with E-state index in [0.717, 1.165) is 5.57 Å². The molecule has 7 unspecified atom stereocenters. The minimum Gasteiger partial charge on any atom is -0.461 e. The molecule has 7 atom stereocenters. The predicted molar refractivity (Wildman–Crippen MR) is 118 cm³/mol. The van der Waals surface area contributed by atoms with Gasteiger partial charge < -0.3 is 14.6 Å². The number of rotatable bonds is 4. The van der Waals surface area contributed by atoms with Crippen molar-refractivity contribution in [2.24, 2.45) is 40.9 Å². The summed E-state index contributed by atoms with van der Waals surface area (Å²) in [5, 5.41) is 11.7. The van der Waals surface area contributed by atoms with Gasteiger partial charge in [-0.15, -0.1) is 0 Å². The number of allylic oxidation sites excluding steroid dienone is 1. The summed E-state index contributed by atoms with van der Waals surface area (Å²) in [6, 6.07) is 0. The van der Waals surface area contributed by atoms with Crippen LogP contribution in [0.5, 0.6) is 0 Å². The third-order valence-electron chi connectivity index (χ3n) is 8.69. The highest BCUT2D eigenvalue weighted by atomic mass is 16.6. The van der Waals surface area contributed by atoms with E-state index >= 15 is 0 Å². The Balaban J connectivity index is 1.78. The number of carbonyl (C=O) groups is 3. The van der Waals surface area contributed by atoms with Gasteiger partial charge in [0.05, 0.1) is 5.92 Å². The molecule has 0 aromatic heterocycles. The molecule has 176 valence electrons. The Bertz CT molecular complexity index is 927. The van der Waals surface area contributed by atoms with Crippen LogP contribution in [0.25, 0.3) is 0 Å². The van der Waals surface area contributed by atoms with Gasteiger partial charge in [-0.25, -0.2) is 0 Å². The first kappa shape index (κ1) is 23.2. The lowest BCUT2D eigenvalue weighted by molar-refractivity contribution is -0.163. The highest BCUT2D eigenvalue weighted by Crippen LogP contribution is 2.75. The molecular weight excluding hydrogens is 408 g/mol. The van der Waals surface area contributed by atoms with Gasteiger partial charge >= 0.3 is 11.9 Å². The molecule has 4 aliphatic rings. The number of fused-ring (bicyclic) bond motifs is 5. The maximum Gasteiger partial charge on any atom is 0.308 e. The van der Waals surface area contributed by atoms with Crippen molar-refractivity contribution in [1.29, 1.82) is 0 Å². The number of hydrogen-bond donors (Lipinski definition) is 1. The van der Waals surface area contributed by atoms with Crippen LogP contribution in [0.3, 0.4) is 0 Å². The molecule has 0 aromatic rings. The molecule has 0 amide bonds. The lowest BCUT2D eigenvalue weighted by Gasteiger charge is -2.43. The van der Waals surface area contributed by atoms with E-state index in [4.69, 9.17) is 9.47 Å². The van der Waals surface area contributed by atoms with Gasteiger partial charge in [0.1, 0.15) is 17.8 Å². The average molecular weight is 445 g/mol. The van der Waals surface area contributed by atoms with Crippen LogP contribution >= 0.6 is 0 Å². The number of esters is 2. The molecule has 2 saturated carbocycles. The van der Waals surface area contributed by atoms with Crippen molar-refractivity contribution in [2.75, 3.05) is 6.61 Å². The van der Waals surface area contributed by atoms with Crippen molar-refractivity contribution in [2.45, 2.75) is 72.5 Å². The molecule has 1 N–H and O–H groups in total. The minimum absolute atomic E-state index is 0.00763. The first-order valence-corrected chi connectivity index (χ1v) is 11.8. The van der Waals surface area contributed by atoms with E-state index in [2.05, 4.69) is 26.8 Å². The van der Waals surface area contributed by atoms with Gasteiger partial charge in [0.25, 0.3) is 0 Å². The highest BCUT2D eigenvalue weighted by Gasteiger charge is 2.80. The zero-order valence-corrected chi connectivity index (χ0v) is 20.2.